The first kappa shape index (κ1) is 11.9. The highest BCUT2D eigenvalue weighted by Gasteiger charge is 2.01. The van der Waals surface area contributed by atoms with Crippen LogP contribution >= 0.6 is 0 Å². The van der Waals surface area contributed by atoms with Crippen molar-refractivity contribution in [1.29, 1.82) is 0 Å². The molecule has 0 bridgehead atoms. The molecule has 0 aliphatic carbocycles. The van der Waals surface area contributed by atoms with E-state index >= 15 is 0 Å². The number of hydrogen-bond donors (Lipinski definition) is 1. The van der Waals surface area contributed by atoms with Crippen LogP contribution in [0.15, 0.2) is 54.6 Å². The van der Waals surface area contributed by atoms with Gasteiger partial charge in [-0.1, -0.05) is 54.6 Å². The Morgan fingerprint density at radius 1 is 0.765 bits per heavy atom. The average Bonchev–Trinajstić information content (AvgIpc) is 2.39. The molecule has 1 heteroatoms. The molecule has 0 atom stereocenters. The van der Waals surface area contributed by atoms with Gasteiger partial charge in [0.2, 0.25) is 0 Å². The first-order valence-electron chi connectivity index (χ1n) is 6.15. The molecule has 0 saturated carbocycles. The van der Waals surface area contributed by atoms with Gasteiger partial charge in [-0.05, 0) is 36.6 Å². The van der Waals surface area contributed by atoms with Crippen LogP contribution in [-0.2, 0) is 19.4 Å². The SMILES string of the molecule is CNCc1ccccc1CCc1ccccc1. The van der Waals surface area contributed by atoms with Crippen molar-refractivity contribution >= 4 is 0 Å². The van der Waals surface area contributed by atoms with Gasteiger partial charge < -0.3 is 5.32 Å². The molecule has 0 aliphatic heterocycles. The van der Waals surface area contributed by atoms with Gasteiger partial charge in [0.05, 0.1) is 0 Å². The van der Waals surface area contributed by atoms with E-state index in [-0.39, 0.29) is 0 Å². The summed E-state index contributed by atoms with van der Waals surface area (Å²) in [6.45, 7) is 0.949. The van der Waals surface area contributed by atoms with Crippen molar-refractivity contribution in [2.24, 2.45) is 0 Å². The van der Waals surface area contributed by atoms with Crippen molar-refractivity contribution in [3.05, 3.63) is 71.3 Å². The second-order valence-electron chi connectivity index (χ2n) is 4.28. The van der Waals surface area contributed by atoms with E-state index in [4.69, 9.17) is 0 Å². The van der Waals surface area contributed by atoms with Crippen molar-refractivity contribution in [2.75, 3.05) is 7.05 Å². The molecular formula is C16H19N. The van der Waals surface area contributed by atoms with Crippen molar-refractivity contribution in [3.8, 4) is 0 Å². The van der Waals surface area contributed by atoms with Crippen LogP contribution in [0.5, 0.6) is 0 Å². The molecule has 2 aromatic rings. The van der Waals surface area contributed by atoms with Gasteiger partial charge in [0, 0.05) is 6.54 Å². The lowest BCUT2D eigenvalue weighted by Crippen LogP contribution is -2.08. The maximum atomic E-state index is 3.22. The second kappa shape index (κ2) is 6.21. The minimum absolute atomic E-state index is 0.949. The van der Waals surface area contributed by atoms with E-state index in [9.17, 15) is 0 Å². The Labute approximate surface area is 103 Å². The van der Waals surface area contributed by atoms with Crippen LogP contribution in [0.4, 0.5) is 0 Å². The molecule has 88 valence electrons. The third-order valence-corrected chi connectivity index (χ3v) is 3.01. The fraction of sp³-hybridized carbons (Fsp3) is 0.250. The van der Waals surface area contributed by atoms with Crippen molar-refractivity contribution in [2.45, 2.75) is 19.4 Å². The monoisotopic (exact) mass is 225 g/mol. The zero-order valence-electron chi connectivity index (χ0n) is 10.3. The van der Waals surface area contributed by atoms with Crippen LogP contribution in [0.1, 0.15) is 16.7 Å². The molecule has 0 saturated heterocycles. The van der Waals surface area contributed by atoms with Gasteiger partial charge in [-0.2, -0.15) is 0 Å². The third kappa shape index (κ3) is 3.43. The third-order valence-electron chi connectivity index (χ3n) is 3.01. The smallest absolute Gasteiger partial charge is 0.0205 e. The zero-order chi connectivity index (χ0) is 11.9. The molecule has 0 amide bonds. The van der Waals surface area contributed by atoms with E-state index in [1.165, 1.54) is 16.7 Å². The van der Waals surface area contributed by atoms with E-state index in [1.807, 2.05) is 7.05 Å². The lowest BCUT2D eigenvalue weighted by Gasteiger charge is -2.09. The number of hydrogen-bond acceptors (Lipinski definition) is 1. The molecule has 1 nitrogen and oxygen atoms in total. The van der Waals surface area contributed by atoms with Crippen LogP contribution in [0, 0.1) is 0 Å². The fourth-order valence-corrected chi connectivity index (χ4v) is 2.09. The Kier molecular flexibility index (Phi) is 4.34. The minimum atomic E-state index is 0.949. The Hall–Kier alpha value is -1.60. The fourth-order valence-electron chi connectivity index (χ4n) is 2.09. The summed E-state index contributed by atoms with van der Waals surface area (Å²) in [5.41, 5.74) is 4.27. The summed E-state index contributed by atoms with van der Waals surface area (Å²) < 4.78 is 0. The second-order valence-corrected chi connectivity index (χ2v) is 4.28. The van der Waals surface area contributed by atoms with Crippen molar-refractivity contribution < 1.29 is 0 Å². The summed E-state index contributed by atoms with van der Waals surface area (Å²) in [7, 11) is 1.99. The van der Waals surface area contributed by atoms with E-state index in [0.717, 1.165) is 19.4 Å². The zero-order valence-corrected chi connectivity index (χ0v) is 10.3. The maximum Gasteiger partial charge on any atom is 0.0205 e. The van der Waals surface area contributed by atoms with E-state index < -0.39 is 0 Å². The average molecular weight is 225 g/mol. The van der Waals surface area contributed by atoms with Crippen LogP contribution in [0.25, 0.3) is 0 Å². The van der Waals surface area contributed by atoms with Gasteiger partial charge >= 0.3 is 0 Å². The largest absolute Gasteiger partial charge is 0.316 e. The molecular weight excluding hydrogens is 206 g/mol. The molecule has 17 heavy (non-hydrogen) atoms. The van der Waals surface area contributed by atoms with E-state index in [2.05, 4.69) is 59.9 Å². The number of benzene rings is 2. The topological polar surface area (TPSA) is 12.0 Å². The lowest BCUT2D eigenvalue weighted by atomic mass is 10.00. The Morgan fingerprint density at radius 2 is 1.41 bits per heavy atom. The summed E-state index contributed by atoms with van der Waals surface area (Å²) >= 11 is 0. The minimum Gasteiger partial charge on any atom is -0.316 e. The highest BCUT2D eigenvalue weighted by molar-refractivity contribution is 5.28. The Morgan fingerprint density at radius 3 is 2.12 bits per heavy atom. The number of aryl methyl sites for hydroxylation is 2. The molecule has 1 N–H and O–H groups in total. The first-order valence-corrected chi connectivity index (χ1v) is 6.15. The molecule has 0 spiro atoms. The van der Waals surface area contributed by atoms with Gasteiger partial charge in [-0.25, -0.2) is 0 Å². The van der Waals surface area contributed by atoms with Crippen LogP contribution in [-0.4, -0.2) is 7.05 Å². The maximum absolute atomic E-state index is 3.22. The molecule has 0 aliphatic rings. The number of nitrogens with one attached hydrogen (secondary N) is 1. The highest BCUT2D eigenvalue weighted by atomic mass is 14.8. The molecule has 0 aromatic heterocycles. The van der Waals surface area contributed by atoms with Gasteiger partial charge in [-0.3, -0.25) is 0 Å². The van der Waals surface area contributed by atoms with Gasteiger partial charge in [-0.15, -0.1) is 0 Å². The van der Waals surface area contributed by atoms with Crippen LogP contribution in [0.3, 0.4) is 0 Å². The predicted octanol–water partition coefficient (Wildman–Crippen LogP) is 3.19. The summed E-state index contributed by atoms with van der Waals surface area (Å²) in [5.74, 6) is 0. The highest BCUT2D eigenvalue weighted by Crippen LogP contribution is 2.12. The van der Waals surface area contributed by atoms with Gasteiger partial charge in [0.15, 0.2) is 0 Å². The van der Waals surface area contributed by atoms with Gasteiger partial charge in [0.25, 0.3) is 0 Å². The Bertz CT molecular complexity index is 448. The first-order chi connectivity index (χ1) is 8.40. The van der Waals surface area contributed by atoms with Crippen LogP contribution < -0.4 is 5.32 Å². The van der Waals surface area contributed by atoms with E-state index in [0.29, 0.717) is 0 Å². The normalized spacial score (nSPS) is 10.4. The van der Waals surface area contributed by atoms with Gasteiger partial charge in [0.1, 0.15) is 0 Å². The van der Waals surface area contributed by atoms with Crippen molar-refractivity contribution in [3.63, 3.8) is 0 Å². The molecule has 0 heterocycles. The van der Waals surface area contributed by atoms with Crippen LogP contribution in [0.2, 0.25) is 0 Å². The predicted molar refractivity (Wildman–Crippen MR) is 73.1 cm³/mol. The lowest BCUT2D eigenvalue weighted by molar-refractivity contribution is 0.798. The standard InChI is InChI=1S/C16H19N/c1-17-13-16-10-6-5-9-15(16)12-11-14-7-3-2-4-8-14/h2-10,17H,11-13H2,1H3. The van der Waals surface area contributed by atoms with E-state index in [1.54, 1.807) is 0 Å². The molecule has 0 fully saturated rings. The molecule has 2 rings (SSSR count). The van der Waals surface area contributed by atoms with Crippen molar-refractivity contribution in [1.82, 2.24) is 5.32 Å². The Balaban J connectivity index is 2.03. The summed E-state index contributed by atoms with van der Waals surface area (Å²) in [5, 5.41) is 3.22. The summed E-state index contributed by atoms with van der Waals surface area (Å²) in [6.07, 6.45) is 2.23. The summed E-state index contributed by atoms with van der Waals surface area (Å²) in [4.78, 5) is 0. The molecule has 0 radical (unpaired) electrons. The number of rotatable bonds is 5. The molecule has 0 unspecified atom stereocenters. The molecule has 2 aromatic carbocycles. The summed E-state index contributed by atoms with van der Waals surface area (Å²) in [6, 6.07) is 19.3. The quantitative estimate of drug-likeness (QED) is 0.824.